The molecule has 1 amide bonds. The fraction of sp³-hybridized carbons (Fsp3) is 0. The molecule has 0 aliphatic rings. The van der Waals surface area contributed by atoms with E-state index in [-0.39, 0.29) is 5.28 Å². The summed E-state index contributed by atoms with van der Waals surface area (Å²) < 4.78 is 0. The van der Waals surface area contributed by atoms with E-state index in [1.807, 2.05) is 42.5 Å². The van der Waals surface area contributed by atoms with Gasteiger partial charge in [0.1, 0.15) is 0 Å². The van der Waals surface area contributed by atoms with Crippen LogP contribution in [0.5, 0.6) is 0 Å². The number of aromatic nitrogens is 2. The van der Waals surface area contributed by atoms with Gasteiger partial charge in [0.25, 0.3) is 0 Å². The van der Waals surface area contributed by atoms with Crippen molar-refractivity contribution in [2.75, 3.05) is 0 Å². The Morgan fingerprint density at radius 1 is 1.18 bits per heavy atom. The summed E-state index contributed by atoms with van der Waals surface area (Å²) >= 11 is 5.91. The minimum absolute atomic E-state index is 0.213. The average Bonchev–Trinajstić information content (AvgIpc) is 2.52. The molecule has 108 valence electrons. The molecule has 1 heterocycles. The number of primary amides is 1. The number of para-hydroxylation sites is 1. The third-order valence-corrected chi connectivity index (χ3v) is 3.40. The number of halogens is 1. The van der Waals surface area contributed by atoms with Gasteiger partial charge in [-0.2, -0.15) is 0 Å². The lowest BCUT2D eigenvalue weighted by Crippen LogP contribution is -2.05. The molecule has 0 aliphatic carbocycles. The predicted octanol–water partition coefficient (Wildman–Crippen LogP) is 3.45. The van der Waals surface area contributed by atoms with Crippen molar-refractivity contribution >= 4 is 34.5 Å². The van der Waals surface area contributed by atoms with Crippen LogP contribution in [0.4, 0.5) is 0 Å². The molecule has 3 aromatic rings. The van der Waals surface area contributed by atoms with E-state index in [9.17, 15) is 4.79 Å². The van der Waals surface area contributed by atoms with Gasteiger partial charge in [-0.05, 0) is 34.9 Å². The summed E-state index contributed by atoms with van der Waals surface area (Å²) in [7, 11) is 0. The molecule has 0 fully saturated rings. The van der Waals surface area contributed by atoms with Crippen LogP contribution in [-0.4, -0.2) is 15.9 Å². The van der Waals surface area contributed by atoms with Crippen LogP contribution in [0.25, 0.3) is 28.1 Å². The Balaban J connectivity index is 2.13. The van der Waals surface area contributed by atoms with Gasteiger partial charge in [-0.3, -0.25) is 4.79 Å². The zero-order chi connectivity index (χ0) is 15.5. The van der Waals surface area contributed by atoms with E-state index in [1.54, 1.807) is 12.3 Å². The number of hydrogen-bond acceptors (Lipinski definition) is 3. The molecule has 0 saturated heterocycles. The summed E-state index contributed by atoms with van der Waals surface area (Å²) in [6, 6.07) is 13.6. The first-order valence-electron chi connectivity index (χ1n) is 6.63. The van der Waals surface area contributed by atoms with E-state index in [1.165, 1.54) is 6.08 Å². The van der Waals surface area contributed by atoms with Crippen LogP contribution in [0, 0.1) is 0 Å². The van der Waals surface area contributed by atoms with Crippen molar-refractivity contribution in [3.63, 3.8) is 0 Å². The lowest BCUT2D eigenvalue weighted by molar-refractivity contribution is -0.113. The molecule has 0 spiro atoms. The Labute approximate surface area is 132 Å². The summed E-state index contributed by atoms with van der Waals surface area (Å²) in [5, 5.41) is 1.13. The lowest BCUT2D eigenvalue weighted by atomic mass is 10.0. The molecular weight excluding hydrogens is 298 g/mol. The second kappa shape index (κ2) is 5.95. The Morgan fingerprint density at radius 2 is 2.00 bits per heavy atom. The maximum atomic E-state index is 10.8. The number of carbonyl (C=O) groups excluding carboxylic acids is 1. The largest absolute Gasteiger partial charge is 0.366 e. The third-order valence-electron chi connectivity index (χ3n) is 3.22. The van der Waals surface area contributed by atoms with Gasteiger partial charge < -0.3 is 5.73 Å². The summed E-state index contributed by atoms with van der Waals surface area (Å²) in [4.78, 5) is 19.2. The first kappa shape index (κ1) is 14.2. The number of benzene rings is 2. The van der Waals surface area contributed by atoms with Crippen LogP contribution in [0.3, 0.4) is 0 Å². The molecule has 5 heteroatoms. The van der Waals surface area contributed by atoms with Crippen LogP contribution in [0.2, 0.25) is 5.28 Å². The summed E-state index contributed by atoms with van der Waals surface area (Å²) in [6.45, 7) is 0. The zero-order valence-corrected chi connectivity index (χ0v) is 12.3. The van der Waals surface area contributed by atoms with Crippen molar-refractivity contribution in [1.29, 1.82) is 0 Å². The molecule has 0 radical (unpaired) electrons. The van der Waals surface area contributed by atoms with Gasteiger partial charge in [-0.1, -0.05) is 36.4 Å². The van der Waals surface area contributed by atoms with Crippen LogP contribution >= 0.6 is 11.6 Å². The summed E-state index contributed by atoms with van der Waals surface area (Å²) in [6.07, 6.45) is 4.71. The summed E-state index contributed by atoms with van der Waals surface area (Å²) in [5.41, 5.74) is 8.73. The van der Waals surface area contributed by atoms with E-state index in [0.29, 0.717) is 0 Å². The number of amides is 1. The number of fused-ring (bicyclic) bond motifs is 1. The zero-order valence-electron chi connectivity index (χ0n) is 11.5. The smallest absolute Gasteiger partial charge is 0.241 e. The van der Waals surface area contributed by atoms with Gasteiger partial charge in [0.05, 0.1) is 5.52 Å². The Kier molecular flexibility index (Phi) is 3.85. The number of nitrogens with zero attached hydrogens (tertiary/aromatic N) is 2. The van der Waals surface area contributed by atoms with Crippen LogP contribution in [0.1, 0.15) is 5.56 Å². The molecule has 2 N–H and O–H groups in total. The number of hydrogen-bond donors (Lipinski definition) is 1. The Hall–Kier alpha value is -2.72. The quantitative estimate of drug-likeness (QED) is 0.595. The molecular formula is C17H12ClN3O. The maximum Gasteiger partial charge on any atom is 0.241 e. The van der Waals surface area contributed by atoms with Crippen LogP contribution in [-0.2, 0) is 4.79 Å². The van der Waals surface area contributed by atoms with Gasteiger partial charge in [-0.15, -0.1) is 0 Å². The number of nitrogens with two attached hydrogens (primary N) is 1. The van der Waals surface area contributed by atoms with Crippen molar-refractivity contribution in [1.82, 2.24) is 9.97 Å². The van der Waals surface area contributed by atoms with Crippen LogP contribution in [0.15, 0.2) is 54.7 Å². The van der Waals surface area contributed by atoms with Crippen LogP contribution < -0.4 is 5.73 Å². The van der Waals surface area contributed by atoms with E-state index >= 15 is 0 Å². The summed E-state index contributed by atoms with van der Waals surface area (Å²) in [5.74, 6) is -0.477. The van der Waals surface area contributed by atoms with Crippen molar-refractivity contribution < 1.29 is 4.79 Å². The molecule has 0 saturated carbocycles. The lowest BCUT2D eigenvalue weighted by Gasteiger charge is -2.07. The highest BCUT2D eigenvalue weighted by Crippen LogP contribution is 2.28. The molecule has 2 aromatic carbocycles. The number of rotatable bonds is 3. The van der Waals surface area contributed by atoms with Gasteiger partial charge in [0.2, 0.25) is 11.2 Å². The molecule has 4 nitrogen and oxygen atoms in total. The fourth-order valence-corrected chi connectivity index (χ4v) is 2.39. The Bertz CT molecular complexity index is 890. The number of carbonyl (C=O) groups is 1. The molecule has 0 bridgehead atoms. The second-order valence-corrected chi connectivity index (χ2v) is 5.08. The first-order valence-corrected chi connectivity index (χ1v) is 7.00. The molecule has 22 heavy (non-hydrogen) atoms. The van der Waals surface area contributed by atoms with Gasteiger partial charge in [0.15, 0.2) is 0 Å². The SMILES string of the molecule is NC(=O)C=Cc1cccc(-c2cccc3cnc(Cl)nc23)c1. The molecule has 3 rings (SSSR count). The standard InChI is InChI=1S/C17H12ClN3O/c18-17-20-10-13-5-2-6-14(16(13)21-17)12-4-1-3-11(9-12)7-8-15(19)22/h1-10H,(H2,19,22). The average molecular weight is 310 g/mol. The monoisotopic (exact) mass is 309 g/mol. The molecule has 1 aromatic heterocycles. The molecule has 0 unspecified atom stereocenters. The van der Waals surface area contributed by atoms with Gasteiger partial charge in [-0.25, -0.2) is 9.97 Å². The van der Waals surface area contributed by atoms with E-state index in [2.05, 4.69) is 9.97 Å². The minimum atomic E-state index is -0.477. The van der Waals surface area contributed by atoms with Crippen molar-refractivity contribution in [3.05, 3.63) is 65.6 Å². The Morgan fingerprint density at radius 3 is 2.82 bits per heavy atom. The maximum absolute atomic E-state index is 10.8. The molecule has 0 aliphatic heterocycles. The minimum Gasteiger partial charge on any atom is -0.366 e. The normalized spacial score (nSPS) is 11.1. The van der Waals surface area contributed by atoms with Crippen molar-refractivity contribution in [2.24, 2.45) is 5.73 Å². The van der Waals surface area contributed by atoms with E-state index < -0.39 is 5.91 Å². The van der Waals surface area contributed by atoms with Crippen molar-refractivity contribution in [2.45, 2.75) is 0 Å². The highest BCUT2D eigenvalue weighted by molar-refractivity contribution is 6.28. The highest BCUT2D eigenvalue weighted by Gasteiger charge is 2.06. The topological polar surface area (TPSA) is 68.9 Å². The second-order valence-electron chi connectivity index (χ2n) is 4.74. The van der Waals surface area contributed by atoms with E-state index in [4.69, 9.17) is 17.3 Å². The van der Waals surface area contributed by atoms with Gasteiger partial charge in [0, 0.05) is 23.2 Å². The highest BCUT2D eigenvalue weighted by atomic mass is 35.5. The predicted molar refractivity (Wildman–Crippen MR) is 88.2 cm³/mol. The van der Waals surface area contributed by atoms with E-state index in [0.717, 1.165) is 27.6 Å². The van der Waals surface area contributed by atoms with Crippen molar-refractivity contribution in [3.8, 4) is 11.1 Å². The third kappa shape index (κ3) is 2.97. The fourth-order valence-electron chi connectivity index (χ4n) is 2.26. The first-order chi connectivity index (χ1) is 10.6. The molecule has 0 atom stereocenters. The van der Waals surface area contributed by atoms with Gasteiger partial charge >= 0.3 is 0 Å².